The minimum Gasteiger partial charge on any atom is -0.449 e. The first-order valence-electron chi connectivity index (χ1n) is 9.21. The van der Waals surface area contributed by atoms with Crippen LogP contribution in [-0.2, 0) is 19.1 Å². The summed E-state index contributed by atoms with van der Waals surface area (Å²) in [6.07, 6.45) is -0.545. The van der Waals surface area contributed by atoms with Crippen LogP contribution in [0.2, 0.25) is 0 Å². The molecule has 9 nitrogen and oxygen atoms in total. The van der Waals surface area contributed by atoms with E-state index in [9.17, 15) is 19.2 Å². The molecular formula is C18H33IN4O5. The zero-order valence-electron chi connectivity index (χ0n) is 17.5. The molecule has 4 amide bonds. The van der Waals surface area contributed by atoms with Gasteiger partial charge in [-0.05, 0) is 18.3 Å². The lowest BCUT2D eigenvalue weighted by Gasteiger charge is -2.23. The Kier molecular flexibility index (Phi) is 12.1. The number of ether oxygens (including phenoxy) is 1. The second-order valence-electron chi connectivity index (χ2n) is 8.01. The van der Waals surface area contributed by atoms with Crippen molar-refractivity contribution in [2.45, 2.75) is 53.6 Å². The van der Waals surface area contributed by atoms with Crippen molar-refractivity contribution in [1.82, 2.24) is 21.3 Å². The number of rotatable bonds is 10. The van der Waals surface area contributed by atoms with E-state index in [2.05, 4.69) is 21.3 Å². The highest BCUT2D eigenvalue weighted by Crippen LogP contribution is 2.12. The molecule has 0 aromatic carbocycles. The monoisotopic (exact) mass is 512 g/mol. The third-order valence-corrected chi connectivity index (χ3v) is 4.16. The van der Waals surface area contributed by atoms with Crippen LogP contribution in [0.4, 0.5) is 4.79 Å². The van der Waals surface area contributed by atoms with Crippen LogP contribution in [-0.4, -0.2) is 60.0 Å². The van der Waals surface area contributed by atoms with Gasteiger partial charge in [0.2, 0.25) is 17.7 Å². The number of halogens is 1. The van der Waals surface area contributed by atoms with Gasteiger partial charge in [0.15, 0.2) is 0 Å². The Bertz CT molecular complexity index is 549. The molecule has 0 radical (unpaired) electrons. The number of carbonyl (C=O) groups excluding carboxylic acids is 4. The van der Waals surface area contributed by atoms with E-state index in [1.54, 1.807) is 6.92 Å². The van der Waals surface area contributed by atoms with Gasteiger partial charge >= 0.3 is 6.09 Å². The van der Waals surface area contributed by atoms with Gasteiger partial charge in [0, 0.05) is 13.1 Å². The SMILES string of the molecule is CC(C)[C@H](NC(=O)CI)C(=O)N[C@@H](C)C(=O)NCCNC(=O)OCC(C)(C)C. The van der Waals surface area contributed by atoms with Crippen LogP contribution in [0.5, 0.6) is 0 Å². The molecule has 0 unspecified atom stereocenters. The molecule has 0 saturated heterocycles. The quantitative estimate of drug-likeness (QED) is 0.197. The lowest BCUT2D eigenvalue weighted by Crippen LogP contribution is -2.55. The fourth-order valence-electron chi connectivity index (χ4n) is 1.95. The van der Waals surface area contributed by atoms with Crippen molar-refractivity contribution in [2.24, 2.45) is 11.3 Å². The summed E-state index contributed by atoms with van der Waals surface area (Å²) in [5, 5.41) is 10.4. The first kappa shape index (κ1) is 26.4. The van der Waals surface area contributed by atoms with Crippen LogP contribution < -0.4 is 21.3 Å². The fourth-order valence-corrected chi connectivity index (χ4v) is 2.17. The molecule has 0 saturated carbocycles. The molecule has 0 bridgehead atoms. The lowest BCUT2D eigenvalue weighted by molar-refractivity contribution is -0.132. The molecule has 0 aromatic rings. The molecule has 0 spiro atoms. The minimum atomic E-state index is -0.780. The second kappa shape index (κ2) is 12.8. The summed E-state index contributed by atoms with van der Waals surface area (Å²) >= 11 is 1.92. The van der Waals surface area contributed by atoms with Crippen LogP contribution in [0.1, 0.15) is 41.5 Å². The van der Waals surface area contributed by atoms with Crippen molar-refractivity contribution in [3.05, 3.63) is 0 Å². The fraction of sp³-hybridized carbons (Fsp3) is 0.778. The number of amides is 4. The maximum Gasteiger partial charge on any atom is 0.407 e. The highest BCUT2D eigenvalue weighted by Gasteiger charge is 2.26. The number of hydrogen-bond acceptors (Lipinski definition) is 5. The summed E-state index contributed by atoms with van der Waals surface area (Å²) in [5.41, 5.74) is -0.122. The number of carbonyl (C=O) groups is 4. The van der Waals surface area contributed by atoms with Gasteiger partial charge in [0.05, 0.1) is 11.0 Å². The molecule has 0 aliphatic heterocycles. The van der Waals surface area contributed by atoms with Crippen molar-refractivity contribution in [2.75, 3.05) is 24.1 Å². The van der Waals surface area contributed by atoms with Crippen molar-refractivity contribution < 1.29 is 23.9 Å². The van der Waals surface area contributed by atoms with Crippen molar-refractivity contribution in [3.63, 3.8) is 0 Å². The Morgan fingerprint density at radius 3 is 2.00 bits per heavy atom. The molecule has 0 rings (SSSR count). The zero-order chi connectivity index (χ0) is 21.9. The third kappa shape index (κ3) is 12.0. The molecule has 0 aromatic heterocycles. The van der Waals surface area contributed by atoms with E-state index in [1.165, 1.54) is 0 Å². The van der Waals surface area contributed by atoms with Crippen molar-refractivity contribution >= 4 is 46.4 Å². The Morgan fingerprint density at radius 2 is 1.50 bits per heavy atom. The maximum absolute atomic E-state index is 12.3. The average Bonchev–Trinajstić information content (AvgIpc) is 2.59. The van der Waals surface area contributed by atoms with Crippen molar-refractivity contribution in [3.8, 4) is 0 Å². The van der Waals surface area contributed by atoms with Crippen LogP contribution in [0, 0.1) is 11.3 Å². The normalized spacial score (nSPS) is 13.3. The predicted molar refractivity (Wildman–Crippen MR) is 115 cm³/mol. The van der Waals surface area contributed by atoms with Gasteiger partial charge in [-0.1, -0.05) is 57.2 Å². The molecule has 162 valence electrons. The Hall–Kier alpha value is -1.59. The number of hydrogen-bond donors (Lipinski definition) is 4. The minimum absolute atomic E-state index is 0.120. The van der Waals surface area contributed by atoms with Crippen LogP contribution in [0.3, 0.4) is 0 Å². The van der Waals surface area contributed by atoms with Gasteiger partial charge in [-0.25, -0.2) is 4.79 Å². The number of alkyl carbamates (subject to hydrolysis) is 1. The van der Waals surface area contributed by atoms with E-state index in [0.29, 0.717) is 6.61 Å². The number of alkyl halides is 1. The maximum atomic E-state index is 12.3. The van der Waals surface area contributed by atoms with Crippen LogP contribution >= 0.6 is 22.6 Å². The summed E-state index contributed by atoms with van der Waals surface area (Å²) in [6, 6.07) is -1.49. The van der Waals surface area contributed by atoms with Crippen LogP contribution in [0.15, 0.2) is 0 Å². The van der Waals surface area contributed by atoms with E-state index in [1.807, 2.05) is 57.2 Å². The van der Waals surface area contributed by atoms with E-state index in [0.717, 1.165) is 0 Å². The smallest absolute Gasteiger partial charge is 0.407 e. The van der Waals surface area contributed by atoms with Gasteiger partial charge < -0.3 is 26.0 Å². The van der Waals surface area contributed by atoms with Crippen molar-refractivity contribution in [1.29, 1.82) is 0 Å². The van der Waals surface area contributed by atoms with E-state index in [4.69, 9.17) is 4.74 Å². The van der Waals surface area contributed by atoms with E-state index < -0.39 is 24.1 Å². The van der Waals surface area contributed by atoms with E-state index in [-0.39, 0.29) is 40.7 Å². The van der Waals surface area contributed by atoms with E-state index >= 15 is 0 Å². The molecule has 0 aliphatic carbocycles. The standard InChI is InChI=1S/C18H33IN4O5/c1-11(2)14(23-13(24)9-19)16(26)22-12(3)15(25)20-7-8-21-17(27)28-10-18(4,5)6/h11-12,14H,7-10H2,1-6H3,(H,20,25)(H,21,27)(H,22,26)(H,23,24)/t12-,14-/m0/s1. The second-order valence-corrected chi connectivity index (χ2v) is 8.77. The molecule has 0 heterocycles. The average molecular weight is 512 g/mol. The van der Waals surface area contributed by atoms with Gasteiger partial charge in [0.25, 0.3) is 0 Å². The molecule has 28 heavy (non-hydrogen) atoms. The third-order valence-electron chi connectivity index (χ3n) is 3.47. The Labute approximate surface area is 180 Å². The molecular weight excluding hydrogens is 479 g/mol. The summed E-state index contributed by atoms with van der Waals surface area (Å²) in [4.78, 5) is 47.5. The Balaban J connectivity index is 4.28. The summed E-state index contributed by atoms with van der Waals surface area (Å²) in [6.45, 7) is 11.7. The highest BCUT2D eigenvalue weighted by atomic mass is 127. The molecule has 4 N–H and O–H groups in total. The Morgan fingerprint density at radius 1 is 0.929 bits per heavy atom. The lowest BCUT2D eigenvalue weighted by atomic mass is 9.99. The molecule has 10 heteroatoms. The molecule has 2 atom stereocenters. The highest BCUT2D eigenvalue weighted by molar-refractivity contribution is 14.1. The predicted octanol–water partition coefficient (Wildman–Crippen LogP) is 0.955. The molecule has 0 aliphatic rings. The van der Waals surface area contributed by atoms with Gasteiger partial charge in [-0.2, -0.15) is 0 Å². The molecule has 0 fully saturated rings. The van der Waals surface area contributed by atoms with Crippen LogP contribution in [0.25, 0.3) is 0 Å². The van der Waals surface area contributed by atoms with Gasteiger partial charge in [0.1, 0.15) is 12.1 Å². The zero-order valence-corrected chi connectivity index (χ0v) is 19.6. The van der Waals surface area contributed by atoms with Gasteiger partial charge in [-0.15, -0.1) is 0 Å². The summed E-state index contributed by atoms with van der Waals surface area (Å²) < 4.78 is 5.29. The summed E-state index contributed by atoms with van der Waals surface area (Å²) in [7, 11) is 0. The number of nitrogens with one attached hydrogen (secondary N) is 4. The first-order valence-corrected chi connectivity index (χ1v) is 10.7. The topological polar surface area (TPSA) is 126 Å². The first-order chi connectivity index (χ1) is 12.9. The van der Waals surface area contributed by atoms with Gasteiger partial charge in [-0.3, -0.25) is 14.4 Å². The summed E-state index contributed by atoms with van der Waals surface area (Å²) in [5.74, 6) is -1.16. The largest absolute Gasteiger partial charge is 0.449 e.